The van der Waals surface area contributed by atoms with Crippen molar-refractivity contribution < 1.29 is 33.3 Å². The third kappa shape index (κ3) is 18.9. The second-order valence-corrected chi connectivity index (χ2v) is 7.64. The molecular formula is C21H41N3O7. The van der Waals surface area contributed by atoms with E-state index in [-0.39, 0.29) is 36.7 Å². The van der Waals surface area contributed by atoms with Crippen LogP contribution in [-0.2, 0) is 33.3 Å². The van der Waals surface area contributed by atoms with Crippen molar-refractivity contribution in [3.05, 3.63) is 0 Å². The van der Waals surface area contributed by atoms with Gasteiger partial charge < -0.3 is 34.9 Å². The molecule has 0 saturated heterocycles. The fourth-order valence-corrected chi connectivity index (χ4v) is 2.11. The average molecular weight is 448 g/mol. The van der Waals surface area contributed by atoms with Gasteiger partial charge in [0, 0.05) is 25.0 Å². The van der Waals surface area contributed by atoms with Gasteiger partial charge in [-0.2, -0.15) is 0 Å². The van der Waals surface area contributed by atoms with Crippen LogP contribution < -0.4 is 16.0 Å². The fraction of sp³-hybridized carbons (Fsp3) is 0.857. The lowest BCUT2D eigenvalue weighted by molar-refractivity contribution is -0.131. The Morgan fingerprint density at radius 1 is 0.710 bits per heavy atom. The summed E-state index contributed by atoms with van der Waals surface area (Å²) in [6, 6.07) is -0.262. The van der Waals surface area contributed by atoms with Gasteiger partial charge in [0.1, 0.15) is 19.3 Å². The third-order valence-corrected chi connectivity index (χ3v) is 3.98. The summed E-state index contributed by atoms with van der Waals surface area (Å²) >= 11 is 0. The summed E-state index contributed by atoms with van der Waals surface area (Å²) in [5, 5.41) is 8.48. The quantitative estimate of drug-likeness (QED) is 0.221. The highest BCUT2D eigenvalue weighted by atomic mass is 16.5. The maximum atomic E-state index is 12.0. The van der Waals surface area contributed by atoms with Crippen LogP contribution in [-0.4, -0.2) is 95.6 Å². The van der Waals surface area contributed by atoms with Crippen LogP contribution in [0, 0.1) is 5.92 Å². The van der Waals surface area contributed by atoms with Gasteiger partial charge in [-0.05, 0) is 6.92 Å². The molecule has 0 aliphatic carbocycles. The normalized spacial score (nSPS) is 12.2. The van der Waals surface area contributed by atoms with Crippen LogP contribution in [0.1, 0.15) is 34.6 Å². The number of ether oxygens (including phenoxy) is 4. The number of ketones is 1. The number of hydrogen-bond acceptors (Lipinski definition) is 8. The zero-order valence-corrected chi connectivity index (χ0v) is 19.7. The lowest BCUT2D eigenvalue weighted by atomic mass is 10.1. The molecule has 0 aliphatic rings. The molecule has 0 spiro atoms. The molecule has 10 heteroatoms. The molecule has 31 heavy (non-hydrogen) atoms. The summed E-state index contributed by atoms with van der Waals surface area (Å²) in [5.41, 5.74) is 0. The summed E-state index contributed by atoms with van der Waals surface area (Å²) in [6.45, 7) is 12.7. The second kappa shape index (κ2) is 19.1. The van der Waals surface area contributed by atoms with Crippen molar-refractivity contribution in [3.8, 4) is 0 Å². The first-order valence-corrected chi connectivity index (χ1v) is 10.9. The molecule has 0 aromatic rings. The van der Waals surface area contributed by atoms with E-state index < -0.39 is 6.04 Å². The Bertz CT molecular complexity index is 501. The SMILES string of the molecule is CC(C)NCCOCCOCC(=O)NC(C)C(=O)NCCOCCOCC(=O)C(C)C. The van der Waals surface area contributed by atoms with Crippen molar-refractivity contribution in [1.82, 2.24) is 16.0 Å². The van der Waals surface area contributed by atoms with E-state index in [2.05, 4.69) is 29.8 Å². The van der Waals surface area contributed by atoms with Crippen LogP contribution in [0.5, 0.6) is 0 Å². The molecule has 0 fully saturated rings. The summed E-state index contributed by atoms with van der Waals surface area (Å²) in [6.07, 6.45) is 0. The van der Waals surface area contributed by atoms with E-state index in [9.17, 15) is 14.4 Å². The number of carbonyl (C=O) groups excluding carboxylic acids is 3. The van der Waals surface area contributed by atoms with Gasteiger partial charge in [-0.25, -0.2) is 0 Å². The van der Waals surface area contributed by atoms with E-state index in [4.69, 9.17) is 18.9 Å². The zero-order chi connectivity index (χ0) is 23.5. The number of Topliss-reactive ketones (excluding diaryl/α,β-unsaturated/α-hetero) is 1. The van der Waals surface area contributed by atoms with Gasteiger partial charge >= 0.3 is 0 Å². The Labute approximate surface area is 186 Å². The van der Waals surface area contributed by atoms with E-state index in [0.717, 1.165) is 6.54 Å². The van der Waals surface area contributed by atoms with Gasteiger partial charge in [0.25, 0.3) is 0 Å². The molecule has 1 unspecified atom stereocenters. The van der Waals surface area contributed by atoms with Crippen LogP contribution in [0.3, 0.4) is 0 Å². The van der Waals surface area contributed by atoms with Gasteiger partial charge in [-0.15, -0.1) is 0 Å². The van der Waals surface area contributed by atoms with Crippen LogP contribution in [0.4, 0.5) is 0 Å². The molecular weight excluding hydrogens is 406 g/mol. The van der Waals surface area contributed by atoms with E-state index in [1.807, 2.05) is 13.8 Å². The Balaban J connectivity index is 3.59. The van der Waals surface area contributed by atoms with Crippen LogP contribution in [0.15, 0.2) is 0 Å². The summed E-state index contributed by atoms with van der Waals surface area (Å²) < 4.78 is 21.1. The highest BCUT2D eigenvalue weighted by Crippen LogP contribution is 1.94. The van der Waals surface area contributed by atoms with Gasteiger partial charge in [0.15, 0.2) is 5.78 Å². The minimum atomic E-state index is -0.681. The maximum Gasteiger partial charge on any atom is 0.246 e. The van der Waals surface area contributed by atoms with Gasteiger partial charge in [0.2, 0.25) is 11.8 Å². The highest BCUT2D eigenvalue weighted by molar-refractivity contribution is 5.87. The third-order valence-electron chi connectivity index (χ3n) is 3.98. The molecule has 0 saturated carbocycles. The molecule has 182 valence electrons. The minimum Gasteiger partial charge on any atom is -0.378 e. The van der Waals surface area contributed by atoms with Crippen LogP contribution in [0.25, 0.3) is 0 Å². The fourth-order valence-electron chi connectivity index (χ4n) is 2.11. The Morgan fingerprint density at radius 3 is 1.84 bits per heavy atom. The minimum absolute atomic E-state index is 0.0404. The molecule has 0 bridgehead atoms. The van der Waals surface area contributed by atoms with Crippen molar-refractivity contribution in [1.29, 1.82) is 0 Å². The Hall–Kier alpha value is -1.59. The summed E-state index contributed by atoms with van der Waals surface area (Å²) in [7, 11) is 0. The van der Waals surface area contributed by atoms with Crippen molar-refractivity contribution in [2.24, 2.45) is 5.92 Å². The van der Waals surface area contributed by atoms with E-state index in [0.29, 0.717) is 52.2 Å². The first-order valence-electron chi connectivity index (χ1n) is 10.9. The predicted molar refractivity (Wildman–Crippen MR) is 117 cm³/mol. The van der Waals surface area contributed by atoms with E-state index in [1.165, 1.54) is 0 Å². The van der Waals surface area contributed by atoms with Gasteiger partial charge in [-0.1, -0.05) is 27.7 Å². The molecule has 2 amide bonds. The number of rotatable bonds is 20. The Kier molecular flexibility index (Phi) is 18.1. The maximum absolute atomic E-state index is 12.0. The molecule has 1 atom stereocenters. The number of hydrogen-bond donors (Lipinski definition) is 3. The first-order chi connectivity index (χ1) is 14.7. The molecule has 0 aromatic carbocycles. The van der Waals surface area contributed by atoms with Crippen molar-refractivity contribution in [2.45, 2.75) is 46.7 Å². The van der Waals surface area contributed by atoms with Crippen molar-refractivity contribution in [3.63, 3.8) is 0 Å². The smallest absolute Gasteiger partial charge is 0.246 e. The van der Waals surface area contributed by atoms with Crippen LogP contribution in [0.2, 0.25) is 0 Å². The average Bonchev–Trinajstić information content (AvgIpc) is 2.71. The molecule has 0 heterocycles. The van der Waals surface area contributed by atoms with E-state index >= 15 is 0 Å². The van der Waals surface area contributed by atoms with Gasteiger partial charge in [0.05, 0.1) is 39.6 Å². The molecule has 0 aromatic heterocycles. The predicted octanol–water partition coefficient (Wildman–Crippen LogP) is -0.103. The van der Waals surface area contributed by atoms with Crippen LogP contribution >= 0.6 is 0 Å². The lowest BCUT2D eigenvalue weighted by Crippen LogP contribution is -2.46. The first kappa shape index (κ1) is 29.4. The zero-order valence-electron chi connectivity index (χ0n) is 19.7. The highest BCUT2D eigenvalue weighted by Gasteiger charge is 2.15. The molecule has 3 N–H and O–H groups in total. The topological polar surface area (TPSA) is 124 Å². The Morgan fingerprint density at radius 2 is 1.26 bits per heavy atom. The molecule has 0 radical (unpaired) electrons. The summed E-state index contributed by atoms with van der Waals surface area (Å²) in [5.74, 6) is -0.664. The molecule has 0 aliphatic heterocycles. The number of nitrogens with one attached hydrogen (secondary N) is 3. The second-order valence-electron chi connectivity index (χ2n) is 7.64. The van der Waals surface area contributed by atoms with E-state index in [1.54, 1.807) is 6.92 Å². The molecule has 10 nitrogen and oxygen atoms in total. The van der Waals surface area contributed by atoms with Gasteiger partial charge in [-0.3, -0.25) is 14.4 Å². The van der Waals surface area contributed by atoms with Crippen molar-refractivity contribution >= 4 is 17.6 Å². The monoisotopic (exact) mass is 447 g/mol. The number of carbonyl (C=O) groups is 3. The largest absolute Gasteiger partial charge is 0.378 e. The van der Waals surface area contributed by atoms with Crippen molar-refractivity contribution in [2.75, 3.05) is 65.9 Å². The summed E-state index contributed by atoms with van der Waals surface area (Å²) in [4.78, 5) is 35.1. The number of amides is 2. The standard InChI is InChI=1S/C21H41N3O7/c1-16(2)19(25)14-30-12-10-29-9-7-23-21(27)18(5)24-20(26)15-31-13-11-28-8-6-22-17(3)4/h16-18,22H,6-15H2,1-5H3,(H,23,27)(H,24,26). The lowest BCUT2D eigenvalue weighted by Gasteiger charge is -2.14. The molecule has 0 rings (SSSR count).